The second-order valence-corrected chi connectivity index (χ2v) is 22.5. The van der Waals surface area contributed by atoms with E-state index >= 15 is 0 Å². The molecule has 5 aromatic rings. The van der Waals surface area contributed by atoms with Gasteiger partial charge in [0.05, 0.1) is 37.7 Å². The van der Waals surface area contributed by atoms with Crippen LogP contribution < -0.4 is 9.75 Å². The highest BCUT2D eigenvalue weighted by molar-refractivity contribution is 7.12. The highest BCUT2D eigenvalue weighted by Gasteiger charge is 2.30. The van der Waals surface area contributed by atoms with Crippen molar-refractivity contribution in [1.29, 1.82) is 0 Å². The molecule has 0 spiro atoms. The van der Waals surface area contributed by atoms with Gasteiger partial charge in [0.1, 0.15) is 16.6 Å². The number of hydrogen-bond acceptors (Lipinski definition) is 7. The van der Waals surface area contributed by atoms with Gasteiger partial charge in [-0.05, 0) is 68.6 Å². The third-order valence-corrected chi connectivity index (χ3v) is 17.4. The van der Waals surface area contributed by atoms with Gasteiger partial charge in [0.15, 0.2) is 0 Å². The summed E-state index contributed by atoms with van der Waals surface area (Å²) in [4.78, 5) is 9.96. The first-order chi connectivity index (χ1) is 30.9. The van der Waals surface area contributed by atoms with E-state index in [2.05, 4.69) is 43.0 Å². The standard InChI is InChI=1S/C56H78N4S3/c1-7-9-11-13-15-17-19-21-23-25-27-29-31-43-34-44(32-30-28-26-24-22-20-18-16-14-12-10-8-2)36-45(35-43)37-46-47-33-39(3)61-55(47)56-48(46)38-49(62-56)50-53-51(57-41(5)42(6)58-53)40(4)52-54(50)60-63-59-52/h33,37-38,43-45H,3,7-32,34-36H2,1-2,5-6H3/b46-37-,50-49+/t43-,44?,45?/m1/s1. The van der Waals surface area contributed by atoms with Crippen molar-refractivity contribution in [2.24, 2.45) is 17.8 Å². The summed E-state index contributed by atoms with van der Waals surface area (Å²) in [7, 11) is 0. The molecule has 1 aromatic carbocycles. The third kappa shape index (κ3) is 12.8. The molecule has 0 aliphatic heterocycles. The Balaban J connectivity index is 1.06. The lowest BCUT2D eigenvalue weighted by molar-refractivity contribution is 0.198. The minimum atomic E-state index is 0.327. The fraction of sp³-hybridized carbons (Fsp3) is 0.643. The summed E-state index contributed by atoms with van der Waals surface area (Å²) in [5, 5.41) is 1.31. The van der Waals surface area contributed by atoms with Gasteiger partial charge < -0.3 is 0 Å². The highest BCUT2D eigenvalue weighted by Crippen LogP contribution is 2.44. The zero-order chi connectivity index (χ0) is 44.0. The summed E-state index contributed by atoms with van der Waals surface area (Å²) in [5.74, 6) is 2.27. The van der Waals surface area contributed by atoms with Gasteiger partial charge in [-0.2, -0.15) is 8.75 Å². The zero-order valence-electron chi connectivity index (χ0n) is 39.7. The van der Waals surface area contributed by atoms with E-state index in [1.165, 1.54) is 224 Å². The third-order valence-electron chi connectivity index (χ3n) is 14.6. The quantitative estimate of drug-likeness (QED) is 0.0483. The SMILES string of the molecule is [C]=c1c2nsnc2/c(=c2\cc3c(s2)=c2sc(=C)cc2/C3=C/C2CC(CCCCCCCCCCCCCC)C[C@@H](CCCCCCCCCCCCCC)C2)c2nc(C)c(C)nc12. The van der Waals surface area contributed by atoms with Crippen molar-refractivity contribution in [3.05, 3.63) is 69.3 Å². The van der Waals surface area contributed by atoms with Crippen molar-refractivity contribution in [2.75, 3.05) is 0 Å². The van der Waals surface area contributed by atoms with Crippen LogP contribution in [0.3, 0.4) is 0 Å². The van der Waals surface area contributed by atoms with Gasteiger partial charge in [0.25, 0.3) is 0 Å². The van der Waals surface area contributed by atoms with E-state index in [0.29, 0.717) is 22.2 Å². The molecular weight excluding hydrogens is 825 g/mol. The van der Waals surface area contributed by atoms with Crippen molar-refractivity contribution in [1.82, 2.24) is 18.7 Å². The smallest absolute Gasteiger partial charge is 0.116 e. The van der Waals surface area contributed by atoms with E-state index in [-0.39, 0.29) is 0 Å². The van der Waals surface area contributed by atoms with Crippen LogP contribution in [0.15, 0.2) is 18.2 Å². The number of hydrogen-bond donors (Lipinski definition) is 0. The molecule has 2 aliphatic rings. The number of aromatic nitrogens is 4. The van der Waals surface area contributed by atoms with E-state index in [4.69, 9.17) is 20.9 Å². The van der Waals surface area contributed by atoms with Crippen molar-refractivity contribution < 1.29 is 0 Å². The maximum absolute atomic E-state index is 9.00. The Morgan fingerprint density at radius 2 is 1.03 bits per heavy atom. The molecule has 2 unspecified atom stereocenters. The summed E-state index contributed by atoms with van der Waals surface area (Å²) in [6.07, 6.45) is 43.7. The van der Waals surface area contributed by atoms with Crippen molar-refractivity contribution in [3.8, 4) is 0 Å². The van der Waals surface area contributed by atoms with Crippen LogP contribution in [0, 0.1) is 50.4 Å². The molecule has 2 radical (unpaired) electrons. The molecule has 0 saturated heterocycles. The topological polar surface area (TPSA) is 51.6 Å². The van der Waals surface area contributed by atoms with Gasteiger partial charge >= 0.3 is 0 Å². The molecule has 7 heteroatoms. The van der Waals surface area contributed by atoms with Crippen molar-refractivity contribution >= 4 is 75.2 Å². The van der Waals surface area contributed by atoms with Crippen LogP contribution in [0.2, 0.25) is 0 Å². The van der Waals surface area contributed by atoms with E-state index < -0.39 is 0 Å². The maximum atomic E-state index is 9.00. The average Bonchev–Trinajstić information content (AvgIpc) is 4.07. The predicted octanol–water partition coefficient (Wildman–Crippen LogP) is 16.5. The van der Waals surface area contributed by atoms with Gasteiger partial charge in [-0.25, -0.2) is 9.97 Å². The largest absolute Gasteiger partial charge is 0.249 e. The summed E-state index contributed by atoms with van der Waals surface area (Å²) >= 11 is 4.87. The first kappa shape index (κ1) is 48.2. The Bertz CT molecular complexity index is 2510. The van der Waals surface area contributed by atoms with Crippen LogP contribution in [0.4, 0.5) is 0 Å². The molecule has 4 heterocycles. The second-order valence-electron chi connectivity index (χ2n) is 19.7. The summed E-state index contributed by atoms with van der Waals surface area (Å²) in [6.45, 7) is 22.1. The summed E-state index contributed by atoms with van der Waals surface area (Å²) in [5.41, 5.74) is 8.70. The molecule has 1 saturated carbocycles. The van der Waals surface area contributed by atoms with E-state index in [1.807, 2.05) is 36.5 Å². The average molecular weight is 903 g/mol. The lowest BCUT2D eigenvalue weighted by Gasteiger charge is -2.34. The van der Waals surface area contributed by atoms with Crippen LogP contribution in [0.1, 0.15) is 223 Å². The Hall–Kier alpha value is -2.74. The van der Waals surface area contributed by atoms with Gasteiger partial charge in [-0.3, -0.25) is 0 Å². The molecule has 63 heavy (non-hydrogen) atoms. The van der Waals surface area contributed by atoms with Crippen LogP contribution in [0.5, 0.6) is 0 Å². The molecule has 0 N–H and O–H groups in total. The number of allylic oxidation sites excluding steroid dienone is 1. The fourth-order valence-corrected chi connectivity index (χ4v) is 13.9. The van der Waals surface area contributed by atoms with Crippen LogP contribution in [-0.4, -0.2) is 18.7 Å². The molecule has 3 atom stereocenters. The molecular formula is C56H78N4S3. The lowest BCUT2D eigenvalue weighted by atomic mass is 9.71. The van der Waals surface area contributed by atoms with E-state index in [0.717, 1.165) is 48.5 Å². The summed E-state index contributed by atoms with van der Waals surface area (Å²) < 4.78 is 14.4. The van der Waals surface area contributed by atoms with Crippen LogP contribution in [0.25, 0.3) is 40.8 Å². The highest BCUT2D eigenvalue weighted by atomic mass is 32.1. The first-order valence-electron chi connectivity index (χ1n) is 25.8. The van der Waals surface area contributed by atoms with Crippen molar-refractivity contribution in [3.63, 3.8) is 0 Å². The number of nitrogens with zero attached hydrogens (tertiary/aromatic N) is 4. The van der Waals surface area contributed by atoms with Crippen LogP contribution >= 0.6 is 34.4 Å². The second kappa shape index (κ2) is 24.7. The lowest BCUT2D eigenvalue weighted by Crippen LogP contribution is -2.22. The number of benzene rings is 1. The molecule has 7 rings (SSSR count). The number of aryl methyl sites for hydroxylation is 2. The Kier molecular flexibility index (Phi) is 18.9. The van der Waals surface area contributed by atoms with Crippen molar-refractivity contribution in [2.45, 2.75) is 214 Å². The minimum Gasteiger partial charge on any atom is -0.249 e. The number of thiophene rings is 2. The van der Waals surface area contributed by atoms with Gasteiger partial charge in [-0.15, -0.1) is 22.7 Å². The minimum absolute atomic E-state index is 0.327. The number of rotatable bonds is 27. The Labute approximate surface area is 392 Å². The number of unbranched alkanes of at least 4 members (excludes halogenated alkanes) is 22. The normalized spacial score (nSPS) is 18.6. The predicted molar refractivity (Wildman–Crippen MR) is 275 cm³/mol. The fourth-order valence-electron chi connectivity index (χ4n) is 11.0. The molecule has 0 bridgehead atoms. The monoisotopic (exact) mass is 903 g/mol. The molecule has 2 aliphatic carbocycles. The first-order valence-corrected chi connectivity index (χ1v) is 28.2. The number of fused-ring (bicyclic) bond motifs is 4. The molecule has 4 nitrogen and oxygen atoms in total. The molecule has 340 valence electrons. The zero-order valence-corrected chi connectivity index (χ0v) is 42.1. The molecule has 0 amide bonds. The summed E-state index contributed by atoms with van der Waals surface area (Å²) in [6, 6.07) is 4.76. The Morgan fingerprint density at radius 1 is 0.571 bits per heavy atom. The maximum Gasteiger partial charge on any atom is 0.116 e. The molecule has 1 fully saturated rings. The van der Waals surface area contributed by atoms with E-state index in [1.54, 1.807) is 0 Å². The van der Waals surface area contributed by atoms with Gasteiger partial charge in [0, 0.05) is 37.2 Å². The van der Waals surface area contributed by atoms with Gasteiger partial charge in [0.2, 0.25) is 0 Å². The Morgan fingerprint density at radius 3 is 1.57 bits per heavy atom. The molecule has 4 aromatic heterocycles. The van der Waals surface area contributed by atoms with E-state index in [9.17, 15) is 0 Å². The van der Waals surface area contributed by atoms with Gasteiger partial charge in [-0.1, -0.05) is 193 Å². The van der Waals surface area contributed by atoms with Crippen LogP contribution in [-0.2, 0) is 0 Å².